The summed E-state index contributed by atoms with van der Waals surface area (Å²) in [6.45, 7) is 1.05. The first-order valence-corrected chi connectivity index (χ1v) is 7.63. The minimum Gasteiger partial charge on any atom is -0.394 e. The minimum atomic E-state index is -0.916. The summed E-state index contributed by atoms with van der Waals surface area (Å²) in [6, 6.07) is 3.34. The van der Waals surface area contributed by atoms with Crippen molar-refractivity contribution in [3.05, 3.63) is 35.4 Å². The van der Waals surface area contributed by atoms with Crippen LogP contribution >= 0.6 is 0 Å². The van der Waals surface area contributed by atoms with Gasteiger partial charge in [0.2, 0.25) is 5.91 Å². The van der Waals surface area contributed by atoms with Crippen molar-refractivity contribution in [3.8, 4) is 0 Å². The van der Waals surface area contributed by atoms with E-state index in [4.69, 9.17) is 14.6 Å². The van der Waals surface area contributed by atoms with Gasteiger partial charge in [0.05, 0.1) is 32.0 Å². The number of halogens is 2. The van der Waals surface area contributed by atoms with E-state index in [0.29, 0.717) is 31.6 Å². The third-order valence-electron chi connectivity index (χ3n) is 3.69. The zero-order valence-electron chi connectivity index (χ0n) is 12.8. The Morgan fingerprint density at radius 3 is 2.96 bits per heavy atom. The number of amides is 1. The molecule has 23 heavy (non-hydrogen) atoms. The van der Waals surface area contributed by atoms with Gasteiger partial charge in [0.25, 0.3) is 0 Å². The maximum Gasteiger partial charge on any atom is 0.220 e. The fourth-order valence-corrected chi connectivity index (χ4v) is 2.49. The van der Waals surface area contributed by atoms with Crippen molar-refractivity contribution in [3.63, 3.8) is 0 Å². The summed E-state index contributed by atoms with van der Waals surface area (Å²) in [6.07, 6.45) is 0.935. The molecule has 128 valence electrons. The van der Waals surface area contributed by atoms with Crippen molar-refractivity contribution in [1.29, 1.82) is 0 Å². The number of carbonyl (C=O) groups excluding carboxylic acids is 1. The molecule has 2 N–H and O–H groups in total. The molecule has 0 bridgehead atoms. The van der Waals surface area contributed by atoms with Gasteiger partial charge >= 0.3 is 0 Å². The molecule has 5 nitrogen and oxygen atoms in total. The van der Waals surface area contributed by atoms with Crippen LogP contribution in [0.1, 0.15) is 18.4 Å². The highest BCUT2D eigenvalue weighted by Gasteiger charge is 2.27. The topological polar surface area (TPSA) is 67.8 Å². The van der Waals surface area contributed by atoms with Crippen molar-refractivity contribution in [2.75, 3.05) is 26.4 Å². The van der Waals surface area contributed by atoms with Crippen molar-refractivity contribution >= 4 is 5.91 Å². The Labute approximate surface area is 133 Å². The molecule has 0 aromatic heterocycles. The van der Waals surface area contributed by atoms with E-state index in [-0.39, 0.29) is 37.7 Å². The van der Waals surface area contributed by atoms with Gasteiger partial charge in [-0.05, 0) is 30.5 Å². The van der Waals surface area contributed by atoms with Crippen LogP contribution in [0.4, 0.5) is 8.78 Å². The Hall–Kier alpha value is -1.57. The first kappa shape index (κ1) is 17.8. The molecular formula is C16H21F2NO4. The van der Waals surface area contributed by atoms with Gasteiger partial charge in [-0.1, -0.05) is 6.07 Å². The smallest absolute Gasteiger partial charge is 0.220 e. The van der Waals surface area contributed by atoms with Gasteiger partial charge in [-0.2, -0.15) is 0 Å². The van der Waals surface area contributed by atoms with Gasteiger partial charge in [-0.15, -0.1) is 0 Å². The minimum absolute atomic E-state index is 0.0752. The van der Waals surface area contributed by atoms with Gasteiger partial charge in [0.1, 0.15) is 0 Å². The van der Waals surface area contributed by atoms with Crippen LogP contribution in [0.5, 0.6) is 0 Å². The molecule has 0 radical (unpaired) electrons. The highest BCUT2D eigenvalue weighted by Crippen LogP contribution is 2.13. The number of aliphatic hydroxyl groups is 1. The normalized spacial score (nSPS) is 21.2. The molecule has 1 amide bonds. The Kier molecular flexibility index (Phi) is 6.88. The molecule has 1 aliphatic rings. The average Bonchev–Trinajstić information content (AvgIpc) is 2.55. The summed E-state index contributed by atoms with van der Waals surface area (Å²) in [5.74, 6) is -2.02. The lowest BCUT2D eigenvalue weighted by molar-refractivity contribution is -0.126. The van der Waals surface area contributed by atoms with Crippen LogP contribution in [-0.2, 0) is 20.7 Å². The molecule has 7 heteroatoms. The van der Waals surface area contributed by atoms with Crippen LogP contribution < -0.4 is 5.32 Å². The molecule has 1 fully saturated rings. The number of aliphatic hydroxyl groups excluding tert-OH is 1. The Morgan fingerprint density at radius 1 is 1.39 bits per heavy atom. The summed E-state index contributed by atoms with van der Waals surface area (Å²) >= 11 is 0. The molecule has 0 spiro atoms. The third-order valence-corrected chi connectivity index (χ3v) is 3.69. The quantitative estimate of drug-likeness (QED) is 0.788. The predicted molar refractivity (Wildman–Crippen MR) is 78.9 cm³/mol. The lowest BCUT2D eigenvalue weighted by Gasteiger charge is -2.32. The van der Waals surface area contributed by atoms with E-state index < -0.39 is 11.6 Å². The van der Waals surface area contributed by atoms with Crippen LogP contribution in [0.3, 0.4) is 0 Å². The van der Waals surface area contributed by atoms with Crippen LogP contribution in [-0.4, -0.2) is 49.6 Å². The van der Waals surface area contributed by atoms with E-state index in [2.05, 4.69) is 5.32 Å². The lowest BCUT2D eigenvalue weighted by atomic mass is 10.1. The largest absolute Gasteiger partial charge is 0.394 e. The highest BCUT2D eigenvalue weighted by molar-refractivity contribution is 5.76. The van der Waals surface area contributed by atoms with Crippen molar-refractivity contribution in [1.82, 2.24) is 5.32 Å². The first-order valence-electron chi connectivity index (χ1n) is 7.63. The van der Waals surface area contributed by atoms with E-state index in [0.717, 1.165) is 12.1 Å². The SMILES string of the molecule is O=C(CCc1ccc(F)c(F)c1)N[C@H]1COCC[C@H]1OCCO. The van der Waals surface area contributed by atoms with Crippen molar-refractivity contribution < 1.29 is 28.2 Å². The number of hydrogen-bond acceptors (Lipinski definition) is 4. The zero-order chi connectivity index (χ0) is 16.7. The fourth-order valence-electron chi connectivity index (χ4n) is 2.49. The van der Waals surface area contributed by atoms with Crippen LogP contribution in [0.2, 0.25) is 0 Å². The average molecular weight is 329 g/mol. The molecule has 1 aromatic carbocycles. The maximum atomic E-state index is 13.1. The third kappa shape index (κ3) is 5.53. The number of ether oxygens (including phenoxy) is 2. The van der Waals surface area contributed by atoms with Crippen LogP contribution in [0.25, 0.3) is 0 Å². The van der Waals surface area contributed by atoms with E-state index in [9.17, 15) is 13.6 Å². The van der Waals surface area contributed by atoms with Crippen molar-refractivity contribution in [2.24, 2.45) is 0 Å². The van der Waals surface area contributed by atoms with Crippen LogP contribution in [0.15, 0.2) is 18.2 Å². The fraction of sp³-hybridized carbons (Fsp3) is 0.562. The second-order valence-electron chi connectivity index (χ2n) is 5.42. The van der Waals surface area contributed by atoms with Gasteiger partial charge in [0, 0.05) is 13.0 Å². The summed E-state index contributed by atoms with van der Waals surface area (Å²) < 4.78 is 36.8. The molecule has 0 saturated carbocycles. The number of hydrogen-bond donors (Lipinski definition) is 2. The van der Waals surface area contributed by atoms with Crippen LogP contribution in [0, 0.1) is 11.6 Å². The monoisotopic (exact) mass is 329 g/mol. The van der Waals surface area contributed by atoms with Crippen molar-refractivity contribution in [2.45, 2.75) is 31.4 Å². The summed E-state index contributed by atoms with van der Waals surface area (Å²) in [4.78, 5) is 12.0. The molecule has 2 rings (SSSR count). The molecule has 2 atom stereocenters. The standard InChI is InChI=1S/C16H21F2NO4/c17-12-3-1-11(9-13(12)18)2-4-16(21)19-14-10-22-7-5-15(14)23-8-6-20/h1,3,9,14-15,20H,2,4-8,10H2,(H,19,21)/t14-,15+/m0/s1. The molecule has 1 aromatic rings. The molecule has 0 aliphatic carbocycles. The second-order valence-corrected chi connectivity index (χ2v) is 5.42. The van der Waals surface area contributed by atoms with E-state index in [1.54, 1.807) is 0 Å². The van der Waals surface area contributed by atoms with Gasteiger partial charge in [-0.25, -0.2) is 8.78 Å². The number of aryl methyl sites for hydroxylation is 1. The summed E-state index contributed by atoms with van der Waals surface area (Å²) in [7, 11) is 0. The molecule has 0 unspecified atom stereocenters. The molecular weight excluding hydrogens is 308 g/mol. The molecule has 1 saturated heterocycles. The first-order chi connectivity index (χ1) is 11.1. The van der Waals surface area contributed by atoms with Gasteiger partial charge in [-0.3, -0.25) is 4.79 Å². The van der Waals surface area contributed by atoms with Gasteiger partial charge < -0.3 is 19.9 Å². The summed E-state index contributed by atoms with van der Waals surface area (Å²) in [5, 5.41) is 11.7. The zero-order valence-corrected chi connectivity index (χ0v) is 12.8. The Bertz CT molecular complexity index is 527. The molecule has 1 aliphatic heterocycles. The van der Waals surface area contributed by atoms with E-state index >= 15 is 0 Å². The Morgan fingerprint density at radius 2 is 2.22 bits per heavy atom. The maximum absolute atomic E-state index is 13.1. The lowest BCUT2D eigenvalue weighted by Crippen LogP contribution is -2.50. The van der Waals surface area contributed by atoms with E-state index in [1.165, 1.54) is 6.07 Å². The Balaban J connectivity index is 1.81. The van der Waals surface area contributed by atoms with Gasteiger partial charge in [0.15, 0.2) is 11.6 Å². The molecule has 1 heterocycles. The number of benzene rings is 1. The number of carbonyl (C=O) groups is 1. The summed E-state index contributed by atoms with van der Waals surface area (Å²) in [5.41, 5.74) is 0.562. The highest BCUT2D eigenvalue weighted by atomic mass is 19.2. The van der Waals surface area contributed by atoms with E-state index in [1.807, 2.05) is 0 Å². The number of rotatable bonds is 7. The second kappa shape index (κ2) is 8.90. The predicted octanol–water partition coefficient (Wildman–Crippen LogP) is 1.18. The number of nitrogens with one attached hydrogen (secondary N) is 1.